The van der Waals surface area contributed by atoms with Crippen molar-refractivity contribution in [3.63, 3.8) is 0 Å². The fourth-order valence-corrected chi connectivity index (χ4v) is 2.04. The number of amides is 1. The van der Waals surface area contributed by atoms with Crippen LogP contribution < -0.4 is 10.1 Å². The summed E-state index contributed by atoms with van der Waals surface area (Å²) in [5.74, 6) is -0.288. The zero-order valence-corrected chi connectivity index (χ0v) is 13.5. The molecule has 5 heteroatoms. The summed E-state index contributed by atoms with van der Waals surface area (Å²) in [5.41, 5.74) is 1.01. The molecule has 22 heavy (non-hydrogen) atoms. The molecule has 5 nitrogen and oxygen atoms in total. The minimum Gasteiger partial charge on any atom is -0.483 e. The maximum atomic E-state index is 11.7. The molecule has 2 N–H and O–H groups in total. The number of hydrogen-bond donors (Lipinski definition) is 2. The summed E-state index contributed by atoms with van der Waals surface area (Å²) in [6, 6.07) is 7.70. The topological polar surface area (TPSA) is 75.6 Å². The quantitative estimate of drug-likeness (QED) is 0.724. The molecule has 1 rings (SSSR count). The molecule has 1 aromatic rings. The zero-order valence-electron chi connectivity index (χ0n) is 13.5. The molecule has 0 heterocycles. The van der Waals surface area contributed by atoms with E-state index in [9.17, 15) is 9.59 Å². The highest BCUT2D eigenvalue weighted by atomic mass is 16.5. The second-order valence-electron chi connectivity index (χ2n) is 6.24. The van der Waals surface area contributed by atoms with Crippen LogP contribution in [-0.2, 0) is 15.0 Å². The van der Waals surface area contributed by atoms with E-state index in [-0.39, 0.29) is 24.3 Å². The highest BCUT2D eigenvalue weighted by Gasteiger charge is 2.18. The Labute approximate surface area is 131 Å². The van der Waals surface area contributed by atoms with Gasteiger partial charge in [-0.25, -0.2) is 0 Å². The highest BCUT2D eigenvalue weighted by Crippen LogP contribution is 2.30. The number of rotatable bonds is 8. The largest absolute Gasteiger partial charge is 0.483 e. The Balaban J connectivity index is 2.37. The maximum absolute atomic E-state index is 11.7. The van der Waals surface area contributed by atoms with Gasteiger partial charge in [0.25, 0.3) is 5.91 Å². The fourth-order valence-electron chi connectivity index (χ4n) is 2.04. The number of para-hydroxylation sites is 1. The van der Waals surface area contributed by atoms with Gasteiger partial charge in [-0.3, -0.25) is 9.59 Å². The molecular formula is C17H25NO4. The number of ether oxygens (including phenoxy) is 1. The van der Waals surface area contributed by atoms with Crippen LogP contribution in [0.2, 0.25) is 0 Å². The smallest absolute Gasteiger partial charge is 0.303 e. The molecule has 0 spiro atoms. The third-order valence-corrected chi connectivity index (χ3v) is 3.19. The van der Waals surface area contributed by atoms with Gasteiger partial charge in [-0.1, -0.05) is 39.0 Å². The van der Waals surface area contributed by atoms with E-state index in [1.54, 1.807) is 0 Å². The first-order valence-corrected chi connectivity index (χ1v) is 7.51. The van der Waals surface area contributed by atoms with Crippen LogP contribution in [0.4, 0.5) is 0 Å². The summed E-state index contributed by atoms with van der Waals surface area (Å²) >= 11 is 0. The van der Waals surface area contributed by atoms with Crippen molar-refractivity contribution >= 4 is 11.9 Å². The van der Waals surface area contributed by atoms with Gasteiger partial charge in [-0.15, -0.1) is 0 Å². The SMILES string of the molecule is CC(C)(C)c1ccccc1OCC(=O)NCCCCC(=O)O. The van der Waals surface area contributed by atoms with Gasteiger partial charge in [-0.05, 0) is 29.9 Å². The molecule has 0 atom stereocenters. The lowest BCUT2D eigenvalue weighted by atomic mass is 9.86. The minimum atomic E-state index is -0.812. The molecule has 1 aromatic carbocycles. The molecule has 0 aromatic heterocycles. The summed E-state index contributed by atoms with van der Waals surface area (Å²) in [4.78, 5) is 22.1. The standard InChI is InChI=1S/C17H25NO4/c1-17(2,3)13-8-4-5-9-14(13)22-12-15(19)18-11-7-6-10-16(20)21/h4-5,8-9H,6-7,10-12H2,1-3H3,(H,18,19)(H,20,21). The first-order chi connectivity index (χ1) is 10.3. The first-order valence-electron chi connectivity index (χ1n) is 7.51. The summed E-state index contributed by atoms with van der Waals surface area (Å²) in [6.45, 7) is 6.72. The lowest BCUT2D eigenvalue weighted by Gasteiger charge is -2.22. The van der Waals surface area contributed by atoms with Crippen LogP contribution >= 0.6 is 0 Å². The van der Waals surface area contributed by atoms with E-state index in [2.05, 4.69) is 26.1 Å². The van der Waals surface area contributed by atoms with Crippen LogP contribution in [0.25, 0.3) is 0 Å². The molecular weight excluding hydrogens is 282 g/mol. The molecule has 0 unspecified atom stereocenters. The monoisotopic (exact) mass is 307 g/mol. The van der Waals surface area contributed by atoms with Crippen LogP contribution in [0.15, 0.2) is 24.3 Å². The third-order valence-electron chi connectivity index (χ3n) is 3.19. The van der Waals surface area contributed by atoms with E-state index in [0.29, 0.717) is 19.4 Å². The first kappa shape index (κ1) is 18.0. The van der Waals surface area contributed by atoms with Crippen LogP contribution in [0.1, 0.15) is 45.6 Å². The van der Waals surface area contributed by atoms with Gasteiger partial charge >= 0.3 is 5.97 Å². The molecule has 0 radical (unpaired) electrons. The number of nitrogens with one attached hydrogen (secondary N) is 1. The van der Waals surface area contributed by atoms with Crippen LogP contribution in [0.3, 0.4) is 0 Å². The van der Waals surface area contributed by atoms with Crippen LogP contribution in [0.5, 0.6) is 5.75 Å². The normalized spacial score (nSPS) is 11.0. The number of aliphatic carboxylic acids is 1. The summed E-state index contributed by atoms with van der Waals surface area (Å²) in [5, 5.41) is 11.2. The van der Waals surface area contributed by atoms with E-state index in [4.69, 9.17) is 9.84 Å². The van der Waals surface area contributed by atoms with Gasteiger partial charge in [0.05, 0.1) is 0 Å². The molecule has 0 aliphatic heterocycles. The predicted octanol–water partition coefficient (Wildman–Crippen LogP) is 2.73. The molecule has 0 bridgehead atoms. The van der Waals surface area contributed by atoms with Gasteiger partial charge in [0, 0.05) is 13.0 Å². The van der Waals surface area contributed by atoms with Gasteiger partial charge in [0.1, 0.15) is 5.75 Å². The van der Waals surface area contributed by atoms with Gasteiger partial charge in [0.2, 0.25) is 0 Å². The van der Waals surface area contributed by atoms with E-state index in [1.165, 1.54) is 0 Å². The second-order valence-corrected chi connectivity index (χ2v) is 6.24. The molecule has 0 saturated heterocycles. The number of carbonyl (C=O) groups excluding carboxylic acids is 1. The Morgan fingerprint density at radius 1 is 1.18 bits per heavy atom. The van der Waals surface area contributed by atoms with Crippen molar-refractivity contribution in [2.45, 2.75) is 45.4 Å². The van der Waals surface area contributed by atoms with Crippen molar-refractivity contribution in [3.8, 4) is 5.75 Å². The summed E-state index contributed by atoms with van der Waals surface area (Å²) < 4.78 is 5.61. The van der Waals surface area contributed by atoms with E-state index < -0.39 is 5.97 Å². The molecule has 0 saturated carbocycles. The molecule has 1 amide bonds. The van der Waals surface area contributed by atoms with Gasteiger partial charge < -0.3 is 15.2 Å². The Kier molecular flexibility index (Phi) is 6.89. The van der Waals surface area contributed by atoms with Crippen molar-refractivity contribution in [1.29, 1.82) is 0 Å². The maximum Gasteiger partial charge on any atom is 0.303 e. The van der Waals surface area contributed by atoms with Crippen molar-refractivity contribution in [1.82, 2.24) is 5.32 Å². The van der Waals surface area contributed by atoms with E-state index >= 15 is 0 Å². The zero-order chi connectivity index (χ0) is 16.6. The number of unbranched alkanes of at least 4 members (excludes halogenated alkanes) is 1. The minimum absolute atomic E-state index is 0.0357. The predicted molar refractivity (Wildman–Crippen MR) is 85.1 cm³/mol. The lowest BCUT2D eigenvalue weighted by molar-refractivity contribution is -0.137. The molecule has 0 fully saturated rings. The number of hydrogen-bond acceptors (Lipinski definition) is 3. The number of carbonyl (C=O) groups is 2. The highest BCUT2D eigenvalue weighted by molar-refractivity contribution is 5.77. The van der Waals surface area contributed by atoms with E-state index in [1.807, 2.05) is 24.3 Å². The average molecular weight is 307 g/mol. The lowest BCUT2D eigenvalue weighted by Crippen LogP contribution is -2.30. The molecule has 122 valence electrons. The second kappa shape index (κ2) is 8.41. The molecule has 0 aliphatic rings. The summed E-state index contributed by atoms with van der Waals surface area (Å²) in [6.07, 6.45) is 1.34. The van der Waals surface area contributed by atoms with Crippen molar-refractivity contribution < 1.29 is 19.4 Å². The van der Waals surface area contributed by atoms with Crippen molar-refractivity contribution in [2.24, 2.45) is 0 Å². The fraction of sp³-hybridized carbons (Fsp3) is 0.529. The summed E-state index contributed by atoms with van der Waals surface area (Å²) in [7, 11) is 0. The number of carboxylic acid groups (broad SMARTS) is 1. The van der Waals surface area contributed by atoms with E-state index in [0.717, 1.165) is 11.3 Å². The Morgan fingerprint density at radius 3 is 2.50 bits per heavy atom. The Hall–Kier alpha value is -2.04. The number of benzene rings is 1. The van der Waals surface area contributed by atoms with Crippen LogP contribution in [0, 0.1) is 0 Å². The molecule has 0 aliphatic carbocycles. The average Bonchev–Trinajstić information content (AvgIpc) is 2.43. The third kappa shape index (κ3) is 6.61. The Morgan fingerprint density at radius 2 is 1.86 bits per heavy atom. The van der Waals surface area contributed by atoms with Gasteiger partial charge in [0.15, 0.2) is 6.61 Å². The van der Waals surface area contributed by atoms with Gasteiger partial charge in [-0.2, -0.15) is 0 Å². The van der Waals surface area contributed by atoms with Crippen molar-refractivity contribution in [3.05, 3.63) is 29.8 Å². The number of carboxylic acids is 1. The van der Waals surface area contributed by atoms with Crippen LogP contribution in [-0.4, -0.2) is 30.1 Å². The Bertz CT molecular complexity index is 506. The van der Waals surface area contributed by atoms with Crippen molar-refractivity contribution in [2.75, 3.05) is 13.2 Å².